The molecule has 44 valence electrons. The summed E-state index contributed by atoms with van der Waals surface area (Å²) in [6.45, 7) is 0. The zero-order chi connectivity index (χ0) is 6.53. The number of aromatic nitrogens is 2. The first-order chi connectivity index (χ1) is 4.43. The summed E-state index contributed by atoms with van der Waals surface area (Å²) in [7, 11) is 0. The van der Waals surface area contributed by atoms with E-state index in [-0.39, 0.29) is 0 Å². The molecule has 1 rings (SSSR count). The summed E-state index contributed by atoms with van der Waals surface area (Å²) in [5.41, 5.74) is 0. The Kier molecular flexibility index (Phi) is 1.66. The van der Waals surface area contributed by atoms with Crippen LogP contribution in [0.15, 0.2) is 24.8 Å². The summed E-state index contributed by atoms with van der Waals surface area (Å²) < 4.78 is 1.70. The van der Waals surface area contributed by atoms with Crippen LogP contribution in [0.2, 0.25) is 0 Å². The SMILES string of the molecule is N#CC=Cn1ccnc1. The molecular formula is C6H5N3. The molecule has 0 aliphatic rings. The van der Waals surface area contributed by atoms with Crippen LogP contribution in [0.25, 0.3) is 6.20 Å². The highest BCUT2D eigenvalue weighted by molar-refractivity contribution is 5.28. The Balaban J connectivity index is 2.71. The minimum Gasteiger partial charge on any atom is -0.312 e. The Bertz CT molecular complexity index is 227. The second kappa shape index (κ2) is 2.68. The van der Waals surface area contributed by atoms with Gasteiger partial charge in [-0.1, -0.05) is 0 Å². The quantitative estimate of drug-likeness (QED) is 0.515. The van der Waals surface area contributed by atoms with Crippen LogP contribution >= 0.6 is 0 Å². The van der Waals surface area contributed by atoms with Crippen molar-refractivity contribution >= 4 is 6.20 Å². The average Bonchev–Trinajstić information content (AvgIpc) is 2.34. The number of hydrogen-bond acceptors (Lipinski definition) is 2. The van der Waals surface area contributed by atoms with Gasteiger partial charge in [-0.2, -0.15) is 5.26 Å². The number of rotatable bonds is 1. The number of imidazole rings is 1. The van der Waals surface area contributed by atoms with Gasteiger partial charge in [0.15, 0.2) is 0 Å². The molecular weight excluding hydrogens is 114 g/mol. The van der Waals surface area contributed by atoms with E-state index in [0.29, 0.717) is 0 Å². The van der Waals surface area contributed by atoms with E-state index in [1.165, 1.54) is 6.08 Å². The van der Waals surface area contributed by atoms with Crippen molar-refractivity contribution in [2.45, 2.75) is 0 Å². The maximum absolute atomic E-state index is 8.09. The van der Waals surface area contributed by atoms with Crippen LogP contribution in [-0.2, 0) is 0 Å². The summed E-state index contributed by atoms with van der Waals surface area (Å²) in [6, 6.07) is 1.88. The van der Waals surface area contributed by atoms with Crippen LogP contribution in [0.5, 0.6) is 0 Å². The molecule has 0 saturated heterocycles. The molecule has 9 heavy (non-hydrogen) atoms. The van der Waals surface area contributed by atoms with Crippen molar-refractivity contribution in [1.82, 2.24) is 9.55 Å². The summed E-state index contributed by atoms with van der Waals surface area (Å²) in [5, 5.41) is 8.09. The summed E-state index contributed by atoms with van der Waals surface area (Å²) >= 11 is 0. The predicted molar refractivity (Wildman–Crippen MR) is 33.2 cm³/mol. The highest BCUT2D eigenvalue weighted by atomic mass is 15.0. The van der Waals surface area contributed by atoms with E-state index < -0.39 is 0 Å². The van der Waals surface area contributed by atoms with Gasteiger partial charge in [-0.3, -0.25) is 0 Å². The normalized spacial score (nSPS) is 9.67. The second-order valence-corrected chi connectivity index (χ2v) is 1.45. The molecule has 0 fully saturated rings. The molecule has 1 aromatic heterocycles. The van der Waals surface area contributed by atoms with Crippen molar-refractivity contribution < 1.29 is 0 Å². The van der Waals surface area contributed by atoms with Gasteiger partial charge in [-0.25, -0.2) is 4.98 Å². The molecule has 0 aliphatic carbocycles. The van der Waals surface area contributed by atoms with Crippen LogP contribution in [0.1, 0.15) is 0 Å². The molecule has 3 nitrogen and oxygen atoms in total. The minimum atomic E-state index is 1.39. The topological polar surface area (TPSA) is 41.6 Å². The molecule has 3 heteroatoms. The molecule has 0 amide bonds. The lowest BCUT2D eigenvalue weighted by atomic mass is 10.7. The largest absolute Gasteiger partial charge is 0.312 e. The van der Waals surface area contributed by atoms with E-state index >= 15 is 0 Å². The molecule has 1 heterocycles. The first kappa shape index (κ1) is 5.57. The van der Waals surface area contributed by atoms with Gasteiger partial charge in [-0.05, 0) is 0 Å². The van der Waals surface area contributed by atoms with E-state index in [1.54, 1.807) is 29.5 Å². The first-order valence-electron chi connectivity index (χ1n) is 2.47. The van der Waals surface area contributed by atoms with Crippen molar-refractivity contribution in [2.24, 2.45) is 0 Å². The van der Waals surface area contributed by atoms with Crippen LogP contribution in [0, 0.1) is 11.3 Å². The van der Waals surface area contributed by atoms with Gasteiger partial charge < -0.3 is 4.57 Å². The van der Waals surface area contributed by atoms with Crippen LogP contribution < -0.4 is 0 Å². The Labute approximate surface area is 52.9 Å². The van der Waals surface area contributed by atoms with Crippen LogP contribution in [-0.4, -0.2) is 9.55 Å². The van der Waals surface area contributed by atoms with E-state index in [2.05, 4.69) is 4.98 Å². The summed E-state index contributed by atoms with van der Waals surface area (Å²) in [6.07, 6.45) is 8.05. The van der Waals surface area contributed by atoms with E-state index in [1.807, 2.05) is 6.07 Å². The zero-order valence-corrected chi connectivity index (χ0v) is 4.73. The van der Waals surface area contributed by atoms with Crippen molar-refractivity contribution in [1.29, 1.82) is 5.26 Å². The third-order valence-electron chi connectivity index (χ3n) is 0.846. The molecule has 0 radical (unpaired) electrons. The van der Waals surface area contributed by atoms with Gasteiger partial charge >= 0.3 is 0 Å². The fourth-order valence-electron chi connectivity index (χ4n) is 0.477. The monoisotopic (exact) mass is 119 g/mol. The third-order valence-corrected chi connectivity index (χ3v) is 0.846. The number of allylic oxidation sites excluding steroid dienone is 1. The van der Waals surface area contributed by atoms with Crippen molar-refractivity contribution in [3.63, 3.8) is 0 Å². The molecule has 1 aromatic rings. The van der Waals surface area contributed by atoms with Crippen LogP contribution in [0.4, 0.5) is 0 Å². The molecule has 0 unspecified atom stereocenters. The number of nitriles is 1. The number of nitrogens with zero attached hydrogens (tertiary/aromatic N) is 3. The van der Waals surface area contributed by atoms with E-state index in [0.717, 1.165) is 0 Å². The lowest BCUT2D eigenvalue weighted by molar-refractivity contribution is 1.14. The van der Waals surface area contributed by atoms with Gasteiger partial charge in [0, 0.05) is 24.7 Å². The lowest BCUT2D eigenvalue weighted by Gasteiger charge is -1.82. The Morgan fingerprint density at radius 3 is 3.11 bits per heavy atom. The van der Waals surface area contributed by atoms with Crippen molar-refractivity contribution in [3.05, 3.63) is 24.8 Å². The Hall–Kier alpha value is -1.56. The molecule has 0 aromatic carbocycles. The summed E-state index contributed by atoms with van der Waals surface area (Å²) in [5.74, 6) is 0. The maximum Gasteiger partial charge on any atom is 0.0986 e. The van der Waals surface area contributed by atoms with E-state index in [9.17, 15) is 0 Å². The van der Waals surface area contributed by atoms with E-state index in [4.69, 9.17) is 5.26 Å². The maximum atomic E-state index is 8.09. The average molecular weight is 119 g/mol. The van der Waals surface area contributed by atoms with Crippen molar-refractivity contribution in [2.75, 3.05) is 0 Å². The van der Waals surface area contributed by atoms with Gasteiger partial charge in [-0.15, -0.1) is 0 Å². The second-order valence-electron chi connectivity index (χ2n) is 1.45. The lowest BCUT2D eigenvalue weighted by Crippen LogP contribution is -1.75. The molecule has 0 bridgehead atoms. The highest BCUT2D eigenvalue weighted by Crippen LogP contribution is 1.84. The molecule has 0 atom stereocenters. The van der Waals surface area contributed by atoms with Gasteiger partial charge in [0.05, 0.1) is 12.4 Å². The smallest absolute Gasteiger partial charge is 0.0986 e. The Morgan fingerprint density at radius 2 is 2.56 bits per heavy atom. The summed E-state index contributed by atoms with van der Waals surface area (Å²) in [4.78, 5) is 3.78. The molecule has 0 saturated carbocycles. The Morgan fingerprint density at radius 1 is 1.67 bits per heavy atom. The van der Waals surface area contributed by atoms with Crippen LogP contribution in [0.3, 0.4) is 0 Å². The third kappa shape index (κ3) is 1.42. The van der Waals surface area contributed by atoms with Gasteiger partial charge in [0.1, 0.15) is 0 Å². The fourth-order valence-corrected chi connectivity index (χ4v) is 0.477. The fraction of sp³-hybridized carbons (Fsp3) is 0. The van der Waals surface area contributed by atoms with Gasteiger partial charge in [0.2, 0.25) is 0 Å². The molecule has 0 N–H and O–H groups in total. The van der Waals surface area contributed by atoms with Gasteiger partial charge in [0.25, 0.3) is 0 Å². The first-order valence-corrected chi connectivity index (χ1v) is 2.47. The molecule has 0 aliphatic heterocycles. The molecule has 0 spiro atoms. The van der Waals surface area contributed by atoms with Crippen molar-refractivity contribution in [3.8, 4) is 6.07 Å². The zero-order valence-electron chi connectivity index (χ0n) is 4.73. The number of hydrogen-bond donors (Lipinski definition) is 0. The standard InChI is InChI=1S/C6H5N3/c7-2-1-4-9-5-3-8-6-9/h1,3-6H. The predicted octanol–water partition coefficient (Wildman–Crippen LogP) is 0.877. The highest BCUT2D eigenvalue weighted by Gasteiger charge is 1.76. The minimum absolute atomic E-state index is 1.39.